The fourth-order valence-electron chi connectivity index (χ4n) is 1.74. The first-order valence-corrected chi connectivity index (χ1v) is 6.43. The van der Waals surface area contributed by atoms with Crippen molar-refractivity contribution in [1.82, 2.24) is 25.6 Å². The summed E-state index contributed by atoms with van der Waals surface area (Å²) in [5.74, 6) is 0.664. The summed E-state index contributed by atoms with van der Waals surface area (Å²) >= 11 is 1.64. The smallest absolute Gasteiger partial charge is 0.180 e. The maximum Gasteiger partial charge on any atom is 0.180 e. The molecule has 0 bridgehead atoms. The van der Waals surface area contributed by atoms with E-state index in [4.69, 9.17) is 0 Å². The lowest BCUT2D eigenvalue weighted by atomic mass is 10.1. The van der Waals surface area contributed by atoms with Gasteiger partial charge in [-0.2, -0.15) is 5.21 Å². The molecule has 0 aliphatic carbocycles. The van der Waals surface area contributed by atoms with Crippen LogP contribution in [0.4, 0.5) is 0 Å². The molecule has 6 heteroatoms. The standard InChI is InChI=1S/C12H11N5S/c1-8-4-2-3-5-10(8)12-13-9(7-18-12)6-11-14-16-17-15-11/h2-5,7H,6H2,1H3,(H,14,15,16,17). The lowest BCUT2D eigenvalue weighted by Gasteiger charge is -2.00. The molecule has 0 radical (unpaired) electrons. The molecule has 0 aliphatic rings. The quantitative estimate of drug-likeness (QED) is 0.781. The van der Waals surface area contributed by atoms with Gasteiger partial charge in [-0.05, 0) is 12.5 Å². The van der Waals surface area contributed by atoms with E-state index >= 15 is 0 Å². The van der Waals surface area contributed by atoms with Gasteiger partial charge in [0.05, 0.1) is 12.1 Å². The molecule has 0 fully saturated rings. The van der Waals surface area contributed by atoms with E-state index in [1.54, 1.807) is 11.3 Å². The molecule has 5 nitrogen and oxygen atoms in total. The van der Waals surface area contributed by atoms with Gasteiger partial charge in [-0.1, -0.05) is 29.5 Å². The molecule has 0 atom stereocenters. The number of thiazole rings is 1. The molecule has 90 valence electrons. The molecule has 2 heterocycles. The third-order valence-electron chi connectivity index (χ3n) is 2.66. The largest absolute Gasteiger partial charge is 0.241 e. The Morgan fingerprint density at radius 3 is 2.94 bits per heavy atom. The van der Waals surface area contributed by atoms with Gasteiger partial charge in [-0.25, -0.2) is 4.98 Å². The van der Waals surface area contributed by atoms with Crippen LogP contribution in [0.5, 0.6) is 0 Å². The second-order valence-corrected chi connectivity index (χ2v) is 4.82. The number of nitrogens with one attached hydrogen (secondary N) is 1. The van der Waals surface area contributed by atoms with Gasteiger partial charge >= 0.3 is 0 Å². The van der Waals surface area contributed by atoms with Crippen LogP contribution in [0.15, 0.2) is 29.6 Å². The third kappa shape index (κ3) is 2.14. The zero-order chi connectivity index (χ0) is 12.4. The number of aromatic nitrogens is 5. The first-order chi connectivity index (χ1) is 8.83. The van der Waals surface area contributed by atoms with Crippen molar-refractivity contribution < 1.29 is 0 Å². The van der Waals surface area contributed by atoms with E-state index in [1.807, 2.05) is 17.5 Å². The molecule has 0 aliphatic heterocycles. The SMILES string of the molecule is Cc1ccccc1-c1nc(Cc2nn[nH]n2)cs1. The van der Waals surface area contributed by atoms with E-state index in [2.05, 4.69) is 44.7 Å². The molecular weight excluding hydrogens is 246 g/mol. The van der Waals surface area contributed by atoms with Gasteiger partial charge in [0.1, 0.15) is 5.01 Å². The molecule has 0 saturated carbocycles. The highest BCUT2D eigenvalue weighted by atomic mass is 32.1. The van der Waals surface area contributed by atoms with E-state index in [1.165, 1.54) is 11.1 Å². The van der Waals surface area contributed by atoms with Crippen LogP contribution in [0, 0.1) is 6.92 Å². The number of aryl methyl sites for hydroxylation is 1. The number of H-pyrrole nitrogens is 1. The molecule has 3 rings (SSSR count). The Labute approximate surface area is 108 Å². The van der Waals surface area contributed by atoms with Crippen LogP contribution in [-0.2, 0) is 6.42 Å². The molecule has 0 saturated heterocycles. The number of benzene rings is 1. The fraction of sp³-hybridized carbons (Fsp3) is 0.167. The van der Waals surface area contributed by atoms with E-state index < -0.39 is 0 Å². The van der Waals surface area contributed by atoms with Gasteiger partial charge in [0.2, 0.25) is 0 Å². The van der Waals surface area contributed by atoms with Crippen molar-refractivity contribution in [2.45, 2.75) is 13.3 Å². The molecule has 3 aromatic rings. The number of nitrogens with zero attached hydrogens (tertiary/aromatic N) is 4. The number of hydrogen-bond donors (Lipinski definition) is 1. The van der Waals surface area contributed by atoms with Crippen molar-refractivity contribution >= 4 is 11.3 Å². The first-order valence-electron chi connectivity index (χ1n) is 5.55. The van der Waals surface area contributed by atoms with Gasteiger partial charge in [0, 0.05) is 10.9 Å². The first kappa shape index (κ1) is 11.0. The van der Waals surface area contributed by atoms with E-state index in [-0.39, 0.29) is 0 Å². The highest BCUT2D eigenvalue weighted by molar-refractivity contribution is 7.13. The Morgan fingerprint density at radius 2 is 2.17 bits per heavy atom. The summed E-state index contributed by atoms with van der Waals surface area (Å²) in [5, 5.41) is 16.9. The fourth-order valence-corrected chi connectivity index (χ4v) is 2.65. The van der Waals surface area contributed by atoms with E-state index in [0.29, 0.717) is 12.2 Å². The van der Waals surface area contributed by atoms with Crippen molar-refractivity contribution in [3.05, 3.63) is 46.7 Å². The summed E-state index contributed by atoms with van der Waals surface area (Å²) in [6.45, 7) is 2.09. The normalized spacial score (nSPS) is 10.7. The van der Waals surface area contributed by atoms with Crippen LogP contribution in [-0.4, -0.2) is 25.6 Å². The molecule has 0 amide bonds. The van der Waals surface area contributed by atoms with Gasteiger partial charge in [-0.15, -0.1) is 21.5 Å². The lowest BCUT2D eigenvalue weighted by molar-refractivity contribution is 0.881. The second kappa shape index (κ2) is 4.66. The number of tetrazole rings is 1. The molecule has 2 aromatic heterocycles. The second-order valence-electron chi connectivity index (χ2n) is 3.96. The molecule has 18 heavy (non-hydrogen) atoms. The summed E-state index contributed by atoms with van der Waals surface area (Å²) < 4.78 is 0. The minimum Gasteiger partial charge on any atom is -0.241 e. The summed E-state index contributed by atoms with van der Waals surface area (Å²) in [7, 11) is 0. The maximum absolute atomic E-state index is 4.61. The number of aromatic amines is 1. The van der Waals surface area contributed by atoms with Crippen molar-refractivity contribution in [3.63, 3.8) is 0 Å². The lowest BCUT2D eigenvalue weighted by Crippen LogP contribution is -1.91. The minimum atomic E-state index is 0.610. The van der Waals surface area contributed by atoms with Crippen LogP contribution < -0.4 is 0 Å². The highest BCUT2D eigenvalue weighted by Crippen LogP contribution is 2.26. The Balaban J connectivity index is 1.88. The Kier molecular flexibility index (Phi) is 2.85. The summed E-state index contributed by atoms with van der Waals surface area (Å²) in [5.41, 5.74) is 3.39. The van der Waals surface area contributed by atoms with Crippen molar-refractivity contribution in [3.8, 4) is 10.6 Å². The van der Waals surface area contributed by atoms with Crippen LogP contribution >= 0.6 is 11.3 Å². The number of rotatable bonds is 3. The van der Waals surface area contributed by atoms with Gasteiger partial charge in [0.25, 0.3) is 0 Å². The molecule has 0 unspecified atom stereocenters. The number of hydrogen-bond acceptors (Lipinski definition) is 5. The van der Waals surface area contributed by atoms with Crippen LogP contribution in [0.3, 0.4) is 0 Å². The minimum absolute atomic E-state index is 0.610. The molecule has 0 spiro atoms. The predicted molar refractivity (Wildman–Crippen MR) is 69.3 cm³/mol. The monoisotopic (exact) mass is 257 g/mol. The van der Waals surface area contributed by atoms with Crippen molar-refractivity contribution in [2.24, 2.45) is 0 Å². The average molecular weight is 257 g/mol. The van der Waals surface area contributed by atoms with Gasteiger partial charge in [0.15, 0.2) is 5.82 Å². The molecular formula is C12H11N5S. The van der Waals surface area contributed by atoms with Crippen LogP contribution in [0.25, 0.3) is 10.6 Å². The third-order valence-corrected chi connectivity index (χ3v) is 3.58. The molecule has 1 N–H and O–H groups in total. The van der Waals surface area contributed by atoms with E-state index in [9.17, 15) is 0 Å². The van der Waals surface area contributed by atoms with Gasteiger partial charge in [-0.3, -0.25) is 0 Å². The topological polar surface area (TPSA) is 67.3 Å². The summed E-state index contributed by atoms with van der Waals surface area (Å²) in [6.07, 6.45) is 0.610. The van der Waals surface area contributed by atoms with Crippen LogP contribution in [0.2, 0.25) is 0 Å². The zero-order valence-electron chi connectivity index (χ0n) is 9.79. The Hall–Kier alpha value is -2.08. The Morgan fingerprint density at radius 1 is 1.28 bits per heavy atom. The summed E-state index contributed by atoms with van der Waals surface area (Å²) in [4.78, 5) is 4.61. The molecule has 1 aromatic carbocycles. The Bertz CT molecular complexity index is 644. The zero-order valence-corrected chi connectivity index (χ0v) is 10.6. The summed E-state index contributed by atoms with van der Waals surface area (Å²) in [6, 6.07) is 8.25. The van der Waals surface area contributed by atoms with Crippen LogP contribution in [0.1, 0.15) is 17.1 Å². The van der Waals surface area contributed by atoms with Gasteiger partial charge < -0.3 is 0 Å². The average Bonchev–Trinajstić information content (AvgIpc) is 3.02. The maximum atomic E-state index is 4.61. The van der Waals surface area contributed by atoms with E-state index in [0.717, 1.165) is 10.7 Å². The highest BCUT2D eigenvalue weighted by Gasteiger charge is 2.08. The van der Waals surface area contributed by atoms with Crippen molar-refractivity contribution in [1.29, 1.82) is 0 Å². The van der Waals surface area contributed by atoms with Crippen molar-refractivity contribution in [2.75, 3.05) is 0 Å². The predicted octanol–water partition coefficient (Wildman–Crippen LogP) is 2.22.